The number of benzene rings is 1. The second-order valence-electron chi connectivity index (χ2n) is 7.01. The Kier molecular flexibility index (Phi) is 7.52. The van der Waals surface area contributed by atoms with Gasteiger partial charge >= 0.3 is 6.18 Å². The van der Waals surface area contributed by atoms with Gasteiger partial charge in [-0.2, -0.15) is 18.3 Å². The van der Waals surface area contributed by atoms with Crippen molar-refractivity contribution in [3.63, 3.8) is 0 Å². The largest absolute Gasteiger partial charge is 0.435 e. The normalized spacial score (nSPS) is 15.6. The fraction of sp³-hybridized carbons (Fsp3) is 0.474. The predicted molar refractivity (Wildman–Crippen MR) is 114 cm³/mol. The lowest BCUT2D eigenvalue weighted by molar-refractivity contribution is -0.142. The van der Waals surface area contributed by atoms with Crippen LogP contribution in [0, 0.1) is 5.82 Å². The molecule has 160 valence electrons. The molecule has 3 rings (SSSR count). The topological polar surface area (TPSA) is 54.2 Å². The minimum atomic E-state index is -4.52. The van der Waals surface area contributed by atoms with Gasteiger partial charge in [0.2, 0.25) is 0 Å². The van der Waals surface area contributed by atoms with Crippen molar-refractivity contribution >= 4 is 29.9 Å². The minimum absolute atomic E-state index is 0. The van der Waals surface area contributed by atoms with Crippen molar-refractivity contribution in [3.05, 3.63) is 53.1 Å². The molecule has 0 atom stereocenters. The van der Waals surface area contributed by atoms with E-state index in [0.717, 1.165) is 23.1 Å². The lowest BCUT2D eigenvalue weighted by Crippen LogP contribution is -2.41. The van der Waals surface area contributed by atoms with Gasteiger partial charge in [0.25, 0.3) is 0 Å². The summed E-state index contributed by atoms with van der Waals surface area (Å²) in [6.07, 6.45) is -1.36. The van der Waals surface area contributed by atoms with E-state index in [2.05, 4.69) is 20.7 Å². The summed E-state index contributed by atoms with van der Waals surface area (Å²) in [6.45, 7) is 2.83. The molecule has 1 aliphatic rings. The molecule has 0 aliphatic heterocycles. The monoisotopic (exact) mass is 525 g/mol. The molecule has 1 aliphatic carbocycles. The molecule has 0 saturated heterocycles. The highest BCUT2D eigenvalue weighted by molar-refractivity contribution is 14.0. The molecule has 2 N–H and O–H groups in total. The van der Waals surface area contributed by atoms with E-state index in [1.807, 2.05) is 13.0 Å². The number of hydrogen-bond donors (Lipinski definition) is 2. The Morgan fingerprint density at radius 1 is 1.28 bits per heavy atom. The van der Waals surface area contributed by atoms with Gasteiger partial charge in [-0.3, -0.25) is 4.68 Å². The number of nitrogens with zero attached hydrogens (tertiary/aromatic N) is 3. The van der Waals surface area contributed by atoms with Crippen LogP contribution < -0.4 is 10.6 Å². The first-order chi connectivity index (χ1) is 13.2. The van der Waals surface area contributed by atoms with Crippen LogP contribution in [0.3, 0.4) is 0 Å². The van der Waals surface area contributed by atoms with E-state index in [1.165, 1.54) is 25.4 Å². The second-order valence-corrected chi connectivity index (χ2v) is 7.01. The fourth-order valence-electron chi connectivity index (χ4n) is 3.19. The van der Waals surface area contributed by atoms with E-state index >= 15 is 0 Å². The highest BCUT2D eigenvalue weighted by atomic mass is 127. The summed E-state index contributed by atoms with van der Waals surface area (Å²) in [6, 6.07) is 6.52. The Morgan fingerprint density at radius 2 is 2.00 bits per heavy atom. The second kappa shape index (κ2) is 9.31. The number of aromatic nitrogens is 2. The molecule has 1 saturated carbocycles. The number of nitrogens with one attached hydrogen (secondary N) is 2. The summed E-state index contributed by atoms with van der Waals surface area (Å²) in [5.41, 5.74) is -0.155. The highest BCUT2D eigenvalue weighted by Gasteiger charge is 2.44. The summed E-state index contributed by atoms with van der Waals surface area (Å²) in [5, 5.41) is 9.72. The average molecular weight is 525 g/mol. The Balaban J connectivity index is 0.00000300. The molecule has 1 aromatic heterocycles. The first kappa shape index (κ1) is 23.4. The van der Waals surface area contributed by atoms with Crippen LogP contribution in [-0.4, -0.2) is 28.8 Å². The zero-order valence-corrected chi connectivity index (χ0v) is 18.5. The summed E-state index contributed by atoms with van der Waals surface area (Å²) in [7, 11) is 1.45. The van der Waals surface area contributed by atoms with Crippen molar-refractivity contribution in [2.75, 3.05) is 13.1 Å². The van der Waals surface area contributed by atoms with Crippen LogP contribution in [0.15, 0.2) is 35.5 Å². The van der Waals surface area contributed by atoms with Crippen LogP contribution >= 0.6 is 24.0 Å². The fourth-order valence-corrected chi connectivity index (χ4v) is 3.19. The predicted octanol–water partition coefficient (Wildman–Crippen LogP) is 3.98. The molecule has 2 aromatic rings. The summed E-state index contributed by atoms with van der Waals surface area (Å²) in [4.78, 5) is 4.28. The van der Waals surface area contributed by atoms with Crippen LogP contribution in [-0.2, 0) is 25.2 Å². The van der Waals surface area contributed by atoms with Crippen molar-refractivity contribution in [3.8, 4) is 0 Å². The van der Waals surface area contributed by atoms with Gasteiger partial charge in [-0.25, -0.2) is 9.38 Å². The van der Waals surface area contributed by atoms with Gasteiger partial charge in [-0.05, 0) is 37.5 Å². The van der Waals surface area contributed by atoms with E-state index in [4.69, 9.17) is 0 Å². The van der Waals surface area contributed by atoms with E-state index in [-0.39, 0.29) is 47.3 Å². The van der Waals surface area contributed by atoms with Gasteiger partial charge in [0.05, 0.1) is 6.54 Å². The summed E-state index contributed by atoms with van der Waals surface area (Å²) in [5.74, 6) is 0.141. The van der Waals surface area contributed by atoms with Crippen LogP contribution in [0.1, 0.15) is 36.6 Å². The zero-order valence-electron chi connectivity index (χ0n) is 16.2. The third kappa shape index (κ3) is 5.83. The highest BCUT2D eigenvalue weighted by Crippen LogP contribution is 2.47. The number of aryl methyl sites for hydroxylation is 1. The Labute approximate surface area is 184 Å². The SMILES string of the molecule is CCNC(=NCc1cn(C)nc1C(F)(F)F)NCC1(c2cccc(F)c2)CC1.I. The third-order valence-corrected chi connectivity index (χ3v) is 4.81. The van der Waals surface area contributed by atoms with Gasteiger partial charge in [0.15, 0.2) is 11.7 Å². The van der Waals surface area contributed by atoms with Gasteiger partial charge < -0.3 is 10.6 Å². The van der Waals surface area contributed by atoms with Crippen LogP contribution in [0.5, 0.6) is 0 Å². The molecule has 1 fully saturated rings. The van der Waals surface area contributed by atoms with Crippen molar-refractivity contribution in [2.24, 2.45) is 12.0 Å². The lowest BCUT2D eigenvalue weighted by atomic mass is 9.96. The molecule has 10 heteroatoms. The molecule has 1 aromatic carbocycles. The van der Waals surface area contributed by atoms with Crippen molar-refractivity contribution in [1.29, 1.82) is 0 Å². The van der Waals surface area contributed by atoms with Gasteiger partial charge in [0.1, 0.15) is 5.82 Å². The van der Waals surface area contributed by atoms with Crippen LogP contribution in [0.2, 0.25) is 0 Å². The lowest BCUT2D eigenvalue weighted by Gasteiger charge is -2.19. The Hall–Kier alpha value is -1.85. The average Bonchev–Trinajstić information content (AvgIpc) is 3.32. The van der Waals surface area contributed by atoms with E-state index in [9.17, 15) is 17.6 Å². The maximum absolute atomic E-state index is 13.5. The Morgan fingerprint density at radius 3 is 2.59 bits per heavy atom. The quantitative estimate of drug-likeness (QED) is 0.260. The number of guanidine groups is 1. The van der Waals surface area contributed by atoms with Gasteiger partial charge in [-0.15, -0.1) is 24.0 Å². The summed E-state index contributed by atoms with van der Waals surface area (Å²) < 4.78 is 53.9. The van der Waals surface area contributed by atoms with E-state index in [1.54, 1.807) is 6.07 Å². The number of aliphatic imine (C=N–C) groups is 1. The van der Waals surface area contributed by atoms with Crippen molar-refractivity contribution < 1.29 is 17.6 Å². The molecule has 0 amide bonds. The maximum Gasteiger partial charge on any atom is 0.435 e. The van der Waals surface area contributed by atoms with Crippen molar-refractivity contribution in [2.45, 2.75) is 37.9 Å². The molecular weight excluding hydrogens is 501 g/mol. The number of hydrogen-bond acceptors (Lipinski definition) is 2. The van der Waals surface area contributed by atoms with Crippen molar-refractivity contribution in [1.82, 2.24) is 20.4 Å². The molecule has 0 spiro atoms. The standard InChI is InChI=1S/C19H23F4N5.HI/c1-3-24-17(25-10-13-11-28(2)27-16(13)19(21,22)23)26-12-18(7-8-18)14-5-4-6-15(20)9-14;/h4-6,9,11H,3,7-8,10,12H2,1-2H3,(H2,24,25,26);1H. The third-order valence-electron chi connectivity index (χ3n) is 4.81. The molecule has 1 heterocycles. The molecule has 0 unspecified atom stereocenters. The van der Waals surface area contributed by atoms with Crippen LogP contribution in [0.25, 0.3) is 0 Å². The molecule has 0 radical (unpaired) electrons. The van der Waals surface area contributed by atoms with Gasteiger partial charge in [0, 0.05) is 37.3 Å². The zero-order chi connectivity index (χ0) is 20.4. The first-order valence-electron chi connectivity index (χ1n) is 9.11. The van der Waals surface area contributed by atoms with Crippen LogP contribution in [0.4, 0.5) is 17.6 Å². The molecule has 0 bridgehead atoms. The first-order valence-corrected chi connectivity index (χ1v) is 9.11. The minimum Gasteiger partial charge on any atom is -0.357 e. The number of rotatable bonds is 6. The van der Waals surface area contributed by atoms with E-state index in [0.29, 0.717) is 19.0 Å². The van der Waals surface area contributed by atoms with E-state index < -0.39 is 11.9 Å². The maximum atomic E-state index is 13.5. The molecular formula is C19H24F4IN5. The smallest absolute Gasteiger partial charge is 0.357 e. The number of alkyl halides is 3. The Bertz CT molecular complexity index is 859. The molecule has 29 heavy (non-hydrogen) atoms. The summed E-state index contributed by atoms with van der Waals surface area (Å²) >= 11 is 0. The number of halogens is 5. The van der Waals surface area contributed by atoms with Gasteiger partial charge in [-0.1, -0.05) is 12.1 Å². The molecule has 5 nitrogen and oxygen atoms in total.